The van der Waals surface area contributed by atoms with Gasteiger partial charge in [-0.2, -0.15) is 0 Å². The van der Waals surface area contributed by atoms with E-state index in [0.717, 1.165) is 31.7 Å². The number of benzene rings is 4. The van der Waals surface area contributed by atoms with E-state index in [1.807, 2.05) is 54.6 Å². The van der Waals surface area contributed by atoms with Crippen molar-refractivity contribution in [1.29, 1.82) is 0 Å². The van der Waals surface area contributed by atoms with Crippen LogP contribution in [-0.4, -0.2) is 57.5 Å². The first-order chi connectivity index (χ1) is 22.5. The lowest BCUT2D eigenvalue weighted by molar-refractivity contribution is -0.569. The van der Waals surface area contributed by atoms with Crippen LogP contribution in [0.5, 0.6) is 0 Å². The Morgan fingerprint density at radius 2 is 1.40 bits per heavy atom. The number of aliphatic hydroxyl groups is 1. The fourth-order valence-corrected chi connectivity index (χ4v) is 8.36. The van der Waals surface area contributed by atoms with Crippen molar-refractivity contribution in [2.45, 2.75) is 17.4 Å². The number of hydrogen-bond donors (Lipinski definition) is 1. The highest BCUT2D eigenvalue weighted by Gasteiger charge is 2.92. The number of non-ortho nitro benzene ring substituents is 2. The Kier molecular flexibility index (Phi) is 7.10. The lowest BCUT2D eigenvalue weighted by Gasteiger charge is -2.26. The van der Waals surface area contributed by atoms with Gasteiger partial charge in [0, 0.05) is 33.1 Å². The van der Waals surface area contributed by atoms with Crippen LogP contribution >= 0.6 is 31.9 Å². The zero-order valence-corrected chi connectivity index (χ0v) is 28.0. The van der Waals surface area contributed by atoms with Gasteiger partial charge in [-0.3, -0.25) is 20.2 Å². The summed E-state index contributed by atoms with van der Waals surface area (Å²) in [6.07, 6.45) is 0.448. The first-order valence-corrected chi connectivity index (χ1v) is 15.9. The van der Waals surface area contributed by atoms with Crippen LogP contribution in [0.2, 0.25) is 0 Å². The quantitative estimate of drug-likeness (QED) is 0.0748. The van der Waals surface area contributed by atoms with Crippen LogP contribution in [0.1, 0.15) is 27.8 Å². The number of esters is 1. The number of fused-ring (bicyclic) bond motifs is 6. The molecule has 0 saturated heterocycles. The highest BCUT2D eigenvalue weighted by atomic mass is 79.9. The Morgan fingerprint density at radius 3 is 1.94 bits per heavy atom. The van der Waals surface area contributed by atoms with Gasteiger partial charge in [-0.15, -0.1) is 0 Å². The number of aliphatic hydroxyl groups excluding tert-OH is 1. The Morgan fingerprint density at radius 1 is 0.830 bits per heavy atom. The van der Waals surface area contributed by atoms with Crippen LogP contribution in [0.25, 0.3) is 11.1 Å². The molecule has 2 aliphatic carbocycles. The van der Waals surface area contributed by atoms with E-state index in [1.165, 1.54) is 26.4 Å². The molecule has 4 aromatic rings. The molecule has 1 atom stereocenters. The summed E-state index contributed by atoms with van der Waals surface area (Å²) in [4.78, 5) is 37.4. The molecule has 4 aromatic carbocycles. The van der Waals surface area contributed by atoms with Crippen molar-refractivity contribution in [1.82, 2.24) is 0 Å². The molecule has 1 heterocycles. The predicted molar refractivity (Wildman–Crippen MR) is 178 cm³/mol. The highest BCUT2D eigenvalue weighted by molar-refractivity contribution is 9.10. The topological polar surface area (TPSA) is 145 Å². The molecular weight excluding hydrogens is 738 g/mol. The third-order valence-electron chi connectivity index (χ3n) is 9.32. The Labute approximate surface area is 284 Å². The van der Waals surface area contributed by atoms with E-state index in [2.05, 4.69) is 31.9 Å². The molecular formula is C34H24Br2N3O8+. The second kappa shape index (κ2) is 10.8. The van der Waals surface area contributed by atoms with Crippen LogP contribution in [0.15, 0.2) is 99.3 Å². The fraction of sp³-hybridized carbons (Fsp3) is 0.176. The van der Waals surface area contributed by atoms with Gasteiger partial charge in [0.2, 0.25) is 5.71 Å². The third kappa shape index (κ3) is 4.08. The van der Waals surface area contributed by atoms with Crippen molar-refractivity contribution in [2.75, 3.05) is 20.8 Å². The summed E-state index contributed by atoms with van der Waals surface area (Å²) < 4.78 is 14.3. The molecule has 0 bridgehead atoms. The van der Waals surface area contributed by atoms with E-state index in [9.17, 15) is 30.1 Å². The molecule has 3 aliphatic rings. The maximum absolute atomic E-state index is 14.7. The zero-order valence-electron chi connectivity index (χ0n) is 24.8. The molecule has 1 saturated carbocycles. The van der Waals surface area contributed by atoms with Crippen molar-refractivity contribution in [2.24, 2.45) is 0 Å². The molecule has 1 fully saturated rings. The summed E-state index contributed by atoms with van der Waals surface area (Å²) in [5.41, 5.74) is 1.15. The average molecular weight is 762 g/mol. The predicted octanol–water partition coefficient (Wildman–Crippen LogP) is 6.74. The lowest BCUT2D eigenvalue weighted by Crippen LogP contribution is -2.50. The smallest absolute Gasteiger partial charge is 0.385 e. The first-order valence-electron chi connectivity index (χ1n) is 14.4. The minimum atomic E-state index is -1.79. The second-order valence-electron chi connectivity index (χ2n) is 11.4. The van der Waals surface area contributed by atoms with E-state index in [1.54, 1.807) is 10.6 Å². The number of hydrogen-bond acceptors (Lipinski definition) is 8. The van der Waals surface area contributed by atoms with Gasteiger partial charge >= 0.3 is 11.5 Å². The summed E-state index contributed by atoms with van der Waals surface area (Å²) in [5, 5.41) is 35.7. The van der Waals surface area contributed by atoms with Crippen LogP contribution in [-0.2, 0) is 26.1 Å². The maximum Gasteiger partial charge on any atom is 0.385 e. The molecule has 0 radical (unpaired) electrons. The number of carbonyl (C=O) groups is 1. The number of nitrogens with zero attached hydrogens (tertiary/aromatic N) is 3. The Hall–Kier alpha value is -4.88. The van der Waals surface area contributed by atoms with Crippen molar-refractivity contribution < 1.29 is 33.8 Å². The normalized spacial score (nSPS) is 19.4. The summed E-state index contributed by atoms with van der Waals surface area (Å²) >= 11 is 7.19. The van der Waals surface area contributed by atoms with E-state index in [4.69, 9.17) is 9.47 Å². The summed E-state index contributed by atoms with van der Waals surface area (Å²) in [7, 11) is 2.56. The fourth-order valence-electron chi connectivity index (χ4n) is 7.64. The first kappa shape index (κ1) is 30.8. The molecule has 236 valence electrons. The molecule has 0 amide bonds. The monoisotopic (exact) mass is 760 g/mol. The second-order valence-corrected chi connectivity index (χ2v) is 13.2. The highest BCUT2D eigenvalue weighted by Crippen LogP contribution is 2.75. The van der Waals surface area contributed by atoms with Gasteiger partial charge in [-0.25, -0.2) is 9.37 Å². The van der Waals surface area contributed by atoms with Gasteiger partial charge in [-0.05, 0) is 58.1 Å². The molecule has 7 rings (SSSR count). The van der Waals surface area contributed by atoms with Crippen molar-refractivity contribution in [3.8, 4) is 11.1 Å². The van der Waals surface area contributed by atoms with Gasteiger partial charge in [0.15, 0.2) is 0 Å². The van der Waals surface area contributed by atoms with Crippen LogP contribution in [0.3, 0.4) is 0 Å². The minimum absolute atomic E-state index is 0.154. The van der Waals surface area contributed by atoms with Crippen LogP contribution in [0.4, 0.5) is 11.4 Å². The third-order valence-corrected chi connectivity index (χ3v) is 10.3. The van der Waals surface area contributed by atoms with E-state index in [0.29, 0.717) is 28.8 Å². The number of halogens is 2. The molecule has 13 heteroatoms. The van der Waals surface area contributed by atoms with Gasteiger partial charge in [0.25, 0.3) is 17.3 Å². The molecule has 0 aromatic heterocycles. The number of nitro groups is 2. The van der Waals surface area contributed by atoms with Crippen molar-refractivity contribution in [3.63, 3.8) is 0 Å². The molecule has 1 unspecified atom stereocenters. The van der Waals surface area contributed by atoms with Gasteiger partial charge < -0.3 is 14.6 Å². The Bertz CT molecular complexity index is 2080. The molecule has 1 spiro atoms. The number of ether oxygens (including phenoxy) is 2. The lowest BCUT2D eigenvalue weighted by atomic mass is 9.85. The largest absolute Gasteiger partial charge is 0.481 e. The van der Waals surface area contributed by atoms with E-state index < -0.39 is 44.1 Å². The van der Waals surface area contributed by atoms with Gasteiger partial charge in [-0.1, -0.05) is 62.2 Å². The maximum atomic E-state index is 14.7. The average Bonchev–Trinajstić information content (AvgIpc) is 3.63. The summed E-state index contributed by atoms with van der Waals surface area (Å²) in [5.74, 6) is -1.20. The summed E-state index contributed by atoms with van der Waals surface area (Å²) in [6, 6.07) is 22.2. The summed E-state index contributed by atoms with van der Waals surface area (Å²) in [6.45, 7) is 0.187. The molecule has 47 heavy (non-hydrogen) atoms. The van der Waals surface area contributed by atoms with Crippen LogP contribution in [0, 0.1) is 20.2 Å². The molecule has 11 nitrogen and oxygen atoms in total. The molecule has 1 aliphatic heterocycles. The number of methoxy groups -OCH3 is 2. The van der Waals surface area contributed by atoms with Crippen LogP contribution < -0.4 is 0 Å². The zero-order chi connectivity index (χ0) is 33.4. The minimum Gasteiger partial charge on any atom is -0.481 e. The SMILES string of the molecule is COC(=O)C1([N+]2=C(c3cc([N+](=O)[O-])cc([N+](=O)[O-])c3)c3ccccc3CC2)/C(=C(/O)OC)C12c1cc(Br)ccc1-c1ccc(Br)cc12. The number of carbonyl (C=O) groups excluding carboxylic acids is 1. The number of rotatable bonds is 6. The molecule has 1 N–H and O–H groups in total. The van der Waals surface area contributed by atoms with E-state index in [-0.39, 0.29) is 17.7 Å². The van der Waals surface area contributed by atoms with E-state index >= 15 is 0 Å². The number of nitro benzene ring substituents is 2. The van der Waals surface area contributed by atoms with Gasteiger partial charge in [0.1, 0.15) is 17.5 Å². The van der Waals surface area contributed by atoms with Crippen molar-refractivity contribution >= 4 is 54.9 Å². The van der Waals surface area contributed by atoms with Crippen molar-refractivity contribution in [3.05, 3.63) is 147 Å². The van der Waals surface area contributed by atoms with Gasteiger partial charge in [0.05, 0.1) is 35.7 Å². The Balaban J connectivity index is 1.70. The standard InChI is InChI=1S/C34H23Br2N3O8/c1-46-31(40)30-33(27-15-20(35)7-9-25(27)26-10-8-21(36)16-28(26)33)34(30,32(41)47-2)37-12-11-18-5-3-4-6-24(18)29(37)19-13-22(38(42)43)17-23(14-19)39(44)45/h3-10,13-17H,11-12H2,1-2H3/p+1/b31-30-.